The van der Waals surface area contributed by atoms with Crippen molar-refractivity contribution in [2.45, 2.75) is 29.8 Å². The van der Waals surface area contributed by atoms with Gasteiger partial charge in [0.25, 0.3) is 0 Å². The highest BCUT2D eigenvalue weighted by atomic mass is 32.2. The van der Waals surface area contributed by atoms with E-state index in [0.717, 1.165) is 22.5 Å². The van der Waals surface area contributed by atoms with Gasteiger partial charge in [0.1, 0.15) is 0 Å². The predicted octanol–water partition coefficient (Wildman–Crippen LogP) is 4.34. The topological polar surface area (TPSA) is 94.8 Å². The summed E-state index contributed by atoms with van der Waals surface area (Å²) in [5.41, 5.74) is -0.393. The molecule has 0 bridgehead atoms. The average molecular weight is 497 g/mol. The Labute approximate surface area is 194 Å². The number of ether oxygens (including phenoxy) is 2. The number of hydrogen-bond donors (Lipinski definition) is 0. The standard InChI is InChI=1S/C22H22F3N3O5S/c1-31-18-9-8-14(11-19(18)32-2)20-26-21(33-27-20)15-5-4-10-28(13-15)34(29,30)17-7-3-6-16(12-17)22(23,24)25/h3,6-9,11-12,15H,4-5,10,13H2,1-2H3. The first-order valence-electron chi connectivity index (χ1n) is 10.4. The van der Waals surface area contributed by atoms with E-state index in [4.69, 9.17) is 14.0 Å². The van der Waals surface area contributed by atoms with E-state index in [9.17, 15) is 21.6 Å². The molecule has 1 aromatic heterocycles. The SMILES string of the molecule is COc1ccc(-c2noc(C3CCCN(S(=O)(=O)c4cccc(C(F)(F)F)c4)C3)n2)cc1OC. The smallest absolute Gasteiger partial charge is 0.416 e. The van der Waals surface area contributed by atoms with Gasteiger partial charge < -0.3 is 14.0 Å². The molecule has 1 aliphatic rings. The number of halogens is 3. The fraction of sp³-hybridized carbons (Fsp3) is 0.364. The number of nitrogens with zero attached hydrogens (tertiary/aromatic N) is 3. The van der Waals surface area contributed by atoms with Gasteiger partial charge in [-0.2, -0.15) is 22.5 Å². The summed E-state index contributed by atoms with van der Waals surface area (Å²) in [6.45, 7) is 0.206. The molecule has 1 atom stereocenters. The molecule has 2 aromatic carbocycles. The Morgan fingerprint density at radius 1 is 1.09 bits per heavy atom. The predicted molar refractivity (Wildman–Crippen MR) is 115 cm³/mol. The zero-order valence-electron chi connectivity index (χ0n) is 18.4. The first-order chi connectivity index (χ1) is 16.1. The van der Waals surface area contributed by atoms with Crippen molar-refractivity contribution in [1.29, 1.82) is 0 Å². The second kappa shape index (κ2) is 9.26. The van der Waals surface area contributed by atoms with E-state index in [1.807, 2.05) is 0 Å². The van der Waals surface area contributed by atoms with E-state index in [-0.39, 0.29) is 19.0 Å². The molecule has 34 heavy (non-hydrogen) atoms. The molecule has 1 unspecified atom stereocenters. The van der Waals surface area contributed by atoms with Crippen molar-refractivity contribution in [3.05, 3.63) is 53.9 Å². The van der Waals surface area contributed by atoms with Crippen LogP contribution in [-0.4, -0.2) is 50.2 Å². The first kappa shape index (κ1) is 24.0. The van der Waals surface area contributed by atoms with E-state index in [0.29, 0.717) is 41.8 Å². The zero-order valence-corrected chi connectivity index (χ0v) is 19.2. The number of alkyl halides is 3. The van der Waals surface area contributed by atoms with Gasteiger partial charge >= 0.3 is 6.18 Å². The van der Waals surface area contributed by atoms with Gasteiger partial charge in [-0.15, -0.1) is 0 Å². The van der Waals surface area contributed by atoms with Gasteiger partial charge in [-0.25, -0.2) is 8.42 Å². The van der Waals surface area contributed by atoms with Gasteiger partial charge in [0.15, 0.2) is 11.5 Å². The summed E-state index contributed by atoms with van der Waals surface area (Å²) in [4.78, 5) is 4.02. The molecule has 0 radical (unpaired) electrons. The lowest BCUT2D eigenvalue weighted by atomic mass is 10.00. The van der Waals surface area contributed by atoms with Crippen molar-refractivity contribution in [2.75, 3.05) is 27.3 Å². The second-order valence-corrected chi connectivity index (χ2v) is 9.69. The van der Waals surface area contributed by atoms with E-state index >= 15 is 0 Å². The van der Waals surface area contributed by atoms with Crippen LogP contribution in [0.25, 0.3) is 11.4 Å². The molecule has 2 heterocycles. The molecule has 182 valence electrons. The van der Waals surface area contributed by atoms with Crippen LogP contribution in [0, 0.1) is 0 Å². The van der Waals surface area contributed by atoms with Crippen LogP contribution in [0.5, 0.6) is 11.5 Å². The lowest BCUT2D eigenvalue weighted by Crippen LogP contribution is -2.39. The highest BCUT2D eigenvalue weighted by Gasteiger charge is 2.36. The molecule has 4 rings (SSSR count). The van der Waals surface area contributed by atoms with E-state index in [1.165, 1.54) is 14.2 Å². The molecule has 12 heteroatoms. The zero-order chi connectivity index (χ0) is 24.5. The highest BCUT2D eigenvalue weighted by Crippen LogP contribution is 2.35. The minimum absolute atomic E-state index is 0.0200. The Morgan fingerprint density at radius 2 is 1.85 bits per heavy atom. The molecule has 1 aliphatic heterocycles. The first-order valence-corrected chi connectivity index (χ1v) is 11.8. The molecule has 0 N–H and O–H groups in total. The summed E-state index contributed by atoms with van der Waals surface area (Å²) in [5, 5.41) is 4.00. The average Bonchev–Trinajstić information content (AvgIpc) is 3.33. The Kier molecular flexibility index (Phi) is 6.54. The maximum Gasteiger partial charge on any atom is 0.416 e. The second-order valence-electron chi connectivity index (χ2n) is 7.75. The Hall–Kier alpha value is -3.12. The number of aromatic nitrogens is 2. The molecule has 1 fully saturated rings. The maximum absolute atomic E-state index is 13.1. The van der Waals surface area contributed by atoms with E-state index < -0.39 is 32.6 Å². The lowest BCUT2D eigenvalue weighted by Gasteiger charge is -2.30. The highest BCUT2D eigenvalue weighted by molar-refractivity contribution is 7.89. The molecular formula is C22H22F3N3O5S. The summed E-state index contributed by atoms with van der Waals surface area (Å²) < 4.78 is 82.4. The Morgan fingerprint density at radius 3 is 2.56 bits per heavy atom. The van der Waals surface area contributed by atoms with Gasteiger partial charge in [0.05, 0.1) is 30.6 Å². The van der Waals surface area contributed by atoms with E-state index in [2.05, 4.69) is 10.1 Å². The summed E-state index contributed by atoms with van der Waals surface area (Å²) in [6, 6.07) is 8.88. The quantitative estimate of drug-likeness (QED) is 0.500. The van der Waals surface area contributed by atoms with Crippen LogP contribution in [0.4, 0.5) is 13.2 Å². The number of hydrogen-bond acceptors (Lipinski definition) is 7. The summed E-state index contributed by atoms with van der Waals surface area (Å²) in [7, 11) is -1.11. The number of methoxy groups -OCH3 is 2. The van der Waals surface area contributed by atoms with Crippen LogP contribution in [0.2, 0.25) is 0 Å². The van der Waals surface area contributed by atoms with Gasteiger partial charge in [0, 0.05) is 18.7 Å². The number of piperidine rings is 1. The molecule has 1 saturated heterocycles. The Bertz CT molecular complexity index is 1280. The normalized spacial score (nSPS) is 17.5. The number of sulfonamides is 1. The van der Waals surface area contributed by atoms with Crippen molar-refractivity contribution < 1.29 is 35.6 Å². The van der Waals surface area contributed by atoms with Crippen LogP contribution in [0.1, 0.15) is 30.2 Å². The van der Waals surface area contributed by atoms with Crippen molar-refractivity contribution in [3.63, 3.8) is 0 Å². The van der Waals surface area contributed by atoms with Crippen LogP contribution in [0.15, 0.2) is 51.9 Å². The van der Waals surface area contributed by atoms with Crippen molar-refractivity contribution >= 4 is 10.0 Å². The van der Waals surface area contributed by atoms with Crippen molar-refractivity contribution in [2.24, 2.45) is 0 Å². The third kappa shape index (κ3) is 4.73. The molecule has 8 nitrogen and oxygen atoms in total. The largest absolute Gasteiger partial charge is 0.493 e. The number of rotatable bonds is 6. The minimum Gasteiger partial charge on any atom is -0.493 e. The van der Waals surface area contributed by atoms with Crippen molar-refractivity contribution in [3.8, 4) is 22.9 Å². The molecule has 0 amide bonds. The summed E-state index contributed by atoms with van der Waals surface area (Å²) in [5.74, 6) is 1.19. The maximum atomic E-state index is 13.1. The summed E-state index contributed by atoms with van der Waals surface area (Å²) >= 11 is 0. The fourth-order valence-electron chi connectivity index (χ4n) is 3.84. The van der Waals surface area contributed by atoms with Crippen molar-refractivity contribution in [1.82, 2.24) is 14.4 Å². The monoisotopic (exact) mass is 497 g/mol. The van der Waals surface area contributed by atoms with Crippen LogP contribution in [0.3, 0.4) is 0 Å². The van der Waals surface area contributed by atoms with Crippen LogP contribution >= 0.6 is 0 Å². The van der Waals surface area contributed by atoms with Crippen LogP contribution < -0.4 is 9.47 Å². The lowest BCUT2D eigenvalue weighted by molar-refractivity contribution is -0.137. The van der Waals surface area contributed by atoms with Gasteiger partial charge in [0.2, 0.25) is 21.7 Å². The molecule has 0 saturated carbocycles. The molecular weight excluding hydrogens is 475 g/mol. The molecule has 0 spiro atoms. The fourth-order valence-corrected chi connectivity index (χ4v) is 5.41. The minimum atomic E-state index is -4.64. The third-order valence-electron chi connectivity index (χ3n) is 5.62. The van der Waals surface area contributed by atoms with Crippen LogP contribution in [-0.2, 0) is 16.2 Å². The molecule has 3 aromatic rings. The van der Waals surface area contributed by atoms with Gasteiger partial charge in [-0.1, -0.05) is 11.2 Å². The van der Waals surface area contributed by atoms with Gasteiger partial charge in [-0.3, -0.25) is 0 Å². The van der Waals surface area contributed by atoms with Gasteiger partial charge in [-0.05, 0) is 49.2 Å². The Balaban J connectivity index is 1.56. The third-order valence-corrected chi connectivity index (χ3v) is 7.48. The molecule has 0 aliphatic carbocycles. The van der Waals surface area contributed by atoms with E-state index in [1.54, 1.807) is 18.2 Å². The number of benzene rings is 2. The summed E-state index contributed by atoms with van der Waals surface area (Å²) in [6.07, 6.45) is -3.54.